The van der Waals surface area contributed by atoms with Crippen molar-refractivity contribution < 1.29 is 23.1 Å². The molecule has 4 rings (SSSR count). The van der Waals surface area contributed by atoms with Gasteiger partial charge in [0.25, 0.3) is 5.91 Å². The summed E-state index contributed by atoms with van der Waals surface area (Å²) in [7, 11) is 0. The molecule has 11 heteroatoms. The fourth-order valence-electron chi connectivity index (χ4n) is 4.47. The number of likely N-dealkylation sites (tertiary alicyclic amines) is 1. The lowest BCUT2D eigenvalue weighted by molar-refractivity contribution is -0.123. The van der Waals surface area contributed by atoms with Gasteiger partial charge in [-0.15, -0.1) is 0 Å². The van der Waals surface area contributed by atoms with Crippen LogP contribution in [0.5, 0.6) is 5.88 Å². The minimum absolute atomic E-state index is 0.0513. The van der Waals surface area contributed by atoms with Gasteiger partial charge in [-0.25, -0.2) is 4.99 Å². The number of hydrogen-bond acceptors (Lipinski definition) is 5. The number of aliphatic imine (C=N–C) groups is 1. The number of aromatic nitrogens is 3. The van der Waals surface area contributed by atoms with Crippen LogP contribution in [0.15, 0.2) is 35.6 Å². The number of halogens is 3. The molecule has 0 atom stereocenters. The molecule has 3 N–H and O–H groups in total. The number of carbonyl (C=O) groups is 1. The molecule has 0 bridgehead atoms. The highest BCUT2D eigenvalue weighted by atomic mass is 19.4. The Kier molecular flexibility index (Phi) is 6.88. The van der Waals surface area contributed by atoms with Gasteiger partial charge in [0.2, 0.25) is 0 Å². The van der Waals surface area contributed by atoms with Crippen LogP contribution in [0.2, 0.25) is 0 Å². The van der Waals surface area contributed by atoms with Gasteiger partial charge < -0.3 is 20.3 Å². The monoisotopic (exact) mass is 490 g/mol. The molecule has 0 spiro atoms. The zero-order valence-corrected chi connectivity index (χ0v) is 19.9. The van der Waals surface area contributed by atoms with Gasteiger partial charge in [0.15, 0.2) is 5.88 Å². The van der Waals surface area contributed by atoms with Gasteiger partial charge in [-0.2, -0.15) is 18.3 Å². The number of aromatic hydroxyl groups is 1. The Balaban J connectivity index is 1.55. The zero-order chi connectivity index (χ0) is 25.3. The van der Waals surface area contributed by atoms with Crippen molar-refractivity contribution in [1.82, 2.24) is 25.0 Å². The number of piperidine rings is 1. The Bertz CT molecular complexity index is 1240. The van der Waals surface area contributed by atoms with E-state index in [1.54, 1.807) is 13.1 Å². The van der Waals surface area contributed by atoms with Crippen molar-refractivity contribution in [2.45, 2.75) is 51.9 Å². The summed E-state index contributed by atoms with van der Waals surface area (Å²) in [5.74, 6) is -0.988. The lowest BCUT2D eigenvalue weighted by atomic mass is 10.0. The molecule has 1 saturated heterocycles. The summed E-state index contributed by atoms with van der Waals surface area (Å²) in [6, 6.07) is 5.20. The Hall–Kier alpha value is -3.34. The molecule has 3 heterocycles. The van der Waals surface area contributed by atoms with Gasteiger partial charge in [0.1, 0.15) is 12.2 Å². The van der Waals surface area contributed by atoms with Crippen LogP contribution in [-0.4, -0.2) is 68.2 Å². The number of rotatable bonds is 6. The quantitative estimate of drug-likeness (QED) is 0.442. The number of fused-ring (bicyclic) bond motifs is 1. The van der Waals surface area contributed by atoms with Crippen LogP contribution in [0.25, 0.3) is 10.9 Å². The van der Waals surface area contributed by atoms with Crippen LogP contribution in [-0.2, 0) is 0 Å². The van der Waals surface area contributed by atoms with E-state index in [0.29, 0.717) is 39.9 Å². The molecule has 35 heavy (non-hydrogen) atoms. The maximum atomic E-state index is 12.5. The molecule has 2 aromatic heterocycles. The van der Waals surface area contributed by atoms with Crippen LogP contribution < -0.4 is 5.32 Å². The topological polar surface area (TPSA) is 98.5 Å². The molecule has 0 radical (unpaired) electrons. The predicted octanol–water partition coefficient (Wildman–Crippen LogP) is 4.55. The number of alkyl halides is 3. The summed E-state index contributed by atoms with van der Waals surface area (Å²) in [5, 5.41) is 17.3. The van der Waals surface area contributed by atoms with E-state index >= 15 is 0 Å². The van der Waals surface area contributed by atoms with Gasteiger partial charge in [-0.1, -0.05) is 0 Å². The number of nitrogens with one attached hydrogen (secondary N) is 2. The molecular formula is C24H29F3N6O2. The number of carbonyl (C=O) groups excluding carboxylic acids is 1. The van der Waals surface area contributed by atoms with Crippen LogP contribution in [0.4, 0.5) is 18.9 Å². The summed E-state index contributed by atoms with van der Waals surface area (Å²) >= 11 is 0. The lowest BCUT2D eigenvalue weighted by Gasteiger charge is -2.34. The molecule has 1 aliphatic heterocycles. The summed E-state index contributed by atoms with van der Waals surface area (Å²) in [6.07, 6.45) is 1.05. The van der Waals surface area contributed by atoms with Crippen molar-refractivity contribution in [3.8, 4) is 5.88 Å². The number of hydrogen-bond donors (Lipinski definition) is 3. The second-order valence-corrected chi connectivity index (χ2v) is 9.14. The third-order valence-electron chi connectivity index (χ3n) is 6.34. The van der Waals surface area contributed by atoms with Gasteiger partial charge in [0, 0.05) is 35.6 Å². The fraction of sp³-hybridized carbons (Fsp3) is 0.458. The van der Waals surface area contributed by atoms with E-state index in [9.17, 15) is 23.1 Å². The number of nitrogens with zero attached hydrogens (tertiary/aromatic N) is 4. The molecule has 0 saturated carbocycles. The van der Waals surface area contributed by atoms with Gasteiger partial charge in [-0.3, -0.25) is 9.48 Å². The molecule has 1 amide bonds. The average molecular weight is 491 g/mol. The number of aromatic amines is 1. The number of amides is 1. The fourth-order valence-corrected chi connectivity index (χ4v) is 4.47. The van der Waals surface area contributed by atoms with E-state index < -0.39 is 18.6 Å². The molecule has 0 aliphatic carbocycles. The Morgan fingerprint density at radius 2 is 2.03 bits per heavy atom. The molecule has 1 aromatic carbocycles. The molecule has 8 nitrogen and oxygen atoms in total. The first-order chi connectivity index (χ1) is 16.5. The average Bonchev–Trinajstić information content (AvgIpc) is 3.39. The van der Waals surface area contributed by atoms with Crippen LogP contribution >= 0.6 is 0 Å². The van der Waals surface area contributed by atoms with Crippen molar-refractivity contribution in [3.63, 3.8) is 0 Å². The first-order valence-corrected chi connectivity index (χ1v) is 11.6. The van der Waals surface area contributed by atoms with Crippen molar-refractivity contribution >= 4 is 28.2 Å². The standard InChI is InChI=1S/C24H29F3N6O2/c1-14(2)32-8-6-18(7-9-32)33-12-17(11-29-33)30-15(3)21-19-10-16(4-5-20(19)31-23(21)35)22(34)28-13-24(25,26)27/h4-5,10-12,14,18,31,35H,6-9,13H2,1-3H3,(H,28,34). The molecule has 1 fully saturated rings. The van der Waals surface area contributed by atoms with E-state index in [-0.39, 0.29) is 11.4 Å². The second kappa shape index (κ2) is 9.73. The normalized spacial score (nSPS) is 16.4. The minimum atomic E-state index is -4.50. The minimum Gasteiger partial charge on any atom is -0.494 e. The molecule has 188 valence electrons. The van der Waals surface area contributed by atoms with Crippen molar-refractivity contribution in [3.05, 3.63) is 41.7 Å². The first kappa shape index (κ1) is 24.8. The Morgan fingerprint density at radius 3 is 2.69 bits per heavy atom. The maximum Gasteiger partial charge on any atom is 0.405 e. The summed E-state index contributed by atoms with van der Waals surface area (Å²) in [4.78, 5) is 22.1. The van der Waals surface area contributed by atoms with E-state index in [1.165, 1.54) is 18.2 Å². The highest BCUT2D eigenvalue weighted by Crippen LogP contribution is 2.31. The molecule has 3 aromatic rings. The van der Waals surface area contributed by atoms with Gasteiger partial charge >= 0.3 is 6.18 Å². The van der Waals surface area contributed by atoms with Crippen molar-refractivity contribution in [1.29, 1.82) is 0 Å². The third kappa shape index (κ3) is 5.67. The number of benzene rings is 1. The Morgan fingerprint density at radius 1 is 1.31 bits per heavy atom. The molecule has 0 unspecified atom stereocenters. The third-order valence-corrected chi connectivity index (χ3v) is 6.34. The lowest BCUT2D eigenvalue weighted by Crippen LogP contribution is -2.39. The summed E-state index contributed by atoms with van der Waals surface area (Å²) in [6.45, 7) is 6.72. The number of H-pyrrole nitrogens is 1. The summed E-state index contributed by atoms with van der Waals surface area (Å²) < 4.78 is 39.3. The van der Waals surface area contributed by atoms with E-state index in [4.69, 9.17) is 0 Å². The van der Waals surface area contributed by atoms with E-state index in [1.807, 2.05) is 16.2 Å². The smallest absolute Gasteiger partial charge is 0.405 e. The largest absolute Gasteiger partial charge is 0.494 e. The first-order valence-electron chi connectivity index (χ1n) is 11.6. The highest BCUT2D eigenvalue weighted by Gasteiger charge is 2.28. The van der Waals surface area contributed by atoms with Crippen LogP contribution in [0.3, 0.4) is 0 Å². The van der Waals surface area contributed by atoms with E-state index in [0.717, 1.165) is 25.9 Å². The van der Waals surface area contributed by atoms with Crippen LogP contribution in [0, 0.1) is 0 Å². The SMILES string of the molecule is CC(=Nc1cnn(C2CCN(C(C)C)CC2)c1)c1c(O)[nH]c2ccc(C(=O)NCC(F)(F)F)cc12. The predicted molar refractivity (Wildman–Crippen MR) is 127 cm³/mol. The van der Waals surface area contributed by atoms with Gasteiger partial charge in [0.05, 0.1) is 29.7 Å². The van der Waals surface area contributed by atoms with E-state index in [2.05, 4.69) is 33.8 Å². The zero-order valence-electron chi connectivity index (χ0n) is 19.9. The maximum absolute atomic E-state index is 12.5. The van der Waals surface area contributed by atoms with Crippen molar-refractivity contribution in [2.75, 3.05) is 19.6 Å². The molecule has 1 aliphatic rings. The Labute approximate surface area is 200 Å². The van der Waals surface area contributed by atoms with Gasteiger partial charge in [-0.05, 0) is 51.8 Å². The van der Waals surface area contributed by atoms with Crippen molar-refractivity contribution in [2.24, 2.45) is 4.99 Å². The van der Waals surface area contributed by atoms with Crippen LogP contribution in [0.1, 0.15) is 55.6 Å². The second-order valence-electron chi connectivity index (χ2n) is 9.14. The highest BCUT2D eigenvalue weighted by molar-refractivity contribution is 6.13. The molecular weight excluding hydrogens is 461 g/mol. The summed E-state index contributed by atoms with van der Waals surface area (Å²) in [5.41, 5.74) is 2.07.